The van der Waals surface area contributed by atoms with Gasteiger partial charge in [0.2, 0.25) is 0 Å². The molecule has 0 radical (unpaired) electrons. The Labute approximate surface area is 163 Å². The molecule has 4 heteroatoms. The molecule has 0 atom stereocenters. The Morgan fingerprint density at radius 1 is 1.11 bits per heavy atom. The van der Waals surface area contributed by atoms with E-state index in [0.29, 0.717) is 12.2 Å². The minimum atomic E-state index is -0.282. The fraction of sp³-hybridized carbons (Fsp3) is 0.652. The van der Waals surface area contributed by atoms with Crippen molar-refractivity contribution < 1.29 is 14.3 Å². The van der Waals surface area contributed by atoms with Crippen molar-refractivity contribution in [3.63, 3.8) is 0 Å². The van der Waals surface area contributed by atoms with Gasteiger partial charge >= 0.3 is 5.97 Å². The predicted molar refractivity (Wildman–Crippen MR) is 107 cm³/mol. The molecule has 1 aliphatic rings. The Balaban J connectivity index is 1.80. The SMILES string of the molecule is CCCCCC1(C#N)CCC(OC(=O)c2ccc(OCCCC)cc2)CC1. The average Bonchev–Trinajstić information content (AvgIpc) is 2.70. The fourth-order valence-electron chi connectivity index (χ4n) is 3.63. The minimum absolute atomic E-state index is 0.0781. The lowest BCUT2D eigenvalue weighted by Crippen LogP contribution is -2.31. The fourth-order valence-corrected chi connectivity index (χ4v) is 3.63. The van der Waals surface area contributed by atoms with Crippen molar-refractivity contribution in [2.45, 2.75) is 84.2 Å². The quantitative estimate of drug-likeness (QED) is 0.371. The lowest BCUT2D eigenvalue weighted by atomic mass is 9.71. The second kappa shape index (κ2) is 11.0. The van der Waals surface area contributed by atoms with E-state index in [0.717, 1.165) is 57.1 Å². The van der Waals surface area contributed by atoms with E-state index >= 15 is 0 Å². The number of esters is 1. The molecule has 0 aliphatic heterocycles. The van der Waals surface area contributed by atoms with Gasteiger partial charge in [0, 0.05) is 0 Å². The van der Waals surface area contributed by atoms with Crippen LogP contribution in [0.5, 0.6) is 5.75 Å². The first-order chi connectivity index (χ1) is 13.1. The van der Waals surface area contributed by atoms with Crippen LogP contribution in [-0.4, -0.2) is 18.7 Å². The molecule has 148 valence electrons. The normalized spacial score (nSPS) is 22.0. The molecular weight excluding hydrogens is 338 g/mol. The number of carbonyl (C=O) groups is 1. The molecule has 1 aromatic rings. The van der Waals surface area contributed by atoms with Crippen LogP contribution >= 0.6 is 0 Å². The Morgan fingerprint density at radius 3 is 2.37 bits per heavy atom. The van der Waals surface area contributed by atoms with Crippen molar-refractivity contribution in [3.05, 3.63) is 29.8 Å². The number of benzene rings is 1. The average molecular weight is 372 g/mol. The van der Waals surface area contributed by atoms with Crippen LogP contribution in [0, 0.1) is 16.7 Å². The van der Waals surface area contributed by atoms with E-state index in [1.54, 1.807) is 12.1 Å². The molecule has 0 N–H and O–H groups in total. The lowest BCUT2D eigenvalue weighted by Gasteiger charge is -2.34. The van der Waals surface area contributed by atoms with E-state index in [2.05, 4.69) is 19.9 Å². The highest BCUT2D eigenvalue weighted by Crippen LogP contribution is 2.41. The Bertz CT molecular complexity index is 610. The number of hydrogen-bond acceptors (Lipinski definition) is 4. The number of unbranched alkanes of at least 4 members (excludes halogenated alkanes) is 3. The van der Waals surface area contributed by atoms with Gasteiger partial charge in [-0.05, 0) is 62.8 Å². The van der Waals surface area contributed by atoms with E-state index in [-0.39, 0.29) is 17.5 Å². The van der Waals surface area contributed by atoms with E-state index in [4.69, 9.17) is 9.47 Å². The third-order valence-corrected chi connectivity index (χ3v) is 5.52. The van der Waals surface area contributed by atoms with Crippen molar-refractivity contribution in [2.75, 3.05) is 6.61 Å². The number of nitrogens with zero attached hydrogens (tertiary/aromatic N) is 1. The van der Waals surface area contributed by atoms with E-state index < -0.39 is 0 Å². The highest BCUT2D eigenvalue weighted by molar-refractivity contribution is 5.89. The maximum absolute atomic E-state index is 12.4. The zero-order valence-corrected chi connectivity index (χ0v) is 16.8. The zero-order valence-electron chi connectivity index (χ0n) is 16.8. The summed E-state index contributed by atoms with van der Waals surface area (Å²) in [5.41, 5.74) is 0.341. The Kier molecular flexibility index (Phi) is 8.64. The lowest BCUT2D eigenvalue weighted by molar-refractivity contribution is 0.0105. The standard InChI is InChI=1S/C23H33NO3/c1-3-5-7-14-23(18-24)15-12-21(13-16-23)27-22(25)19-8-10-20(11-9-19)26-17-6-4-2/h8-11,21H,3-7,12-17H2,1-2H3. The van der Waals surface area contributed by atoms with Crippen LogP contribution < -0.4 is 4.74 Å². The first kappa shape index (κ1) is 21.3. The summed E-state index contributed by atoms with van der Waals surface area (Å²) < 4.78 is 11.3. The molecule has 27 heavy (non-hydrogen) atoms. The van der Waals surface area contributed by atoms with Gasteiger partial charge in [-0.2, -0.15) is 5.26 Å². The van der Waals surface area contributed by atoms with Crippen LogP contribution in [0.3, 0.4) is 0 Å². The summed E-state index contributed by atoms with van der Waals surface area (Å²) in [5.74, 6) is 0.499. The number of ether oxygens (including phenoxy) is 2. The summed E-state index contributed by atoms with van der Waals surface area (Å²) in [4.78, 5) is 12.4. The van der Waals surface area contributed by atoms with Gasteiger partial charge in [-0.3, -0.25) is 0 Å². The van der Waals surface area contributed by atoms with Crippen molar-refractivity contribution in [1.29, 1.82) is 5.26 Å². The smallest absolute Gasteiger partial charge is 0.338 e. The highest BCUT2D eigenvalue weighted by atomic mass is 16.5. The summed E-state index contributed by atoms with van der Waals surface area (Å²) in [5, 5.41) is 9.62. The van der Waals surface area contributed by atoms with Crippen LogP contribution in [0.25, 0.3) is 0 Å². The van der Waals surface area contributed by atoms with E-state index in [9.17, 15) is 10.1 Å². The number of hydrogen-bond donors (Lipinski definition) is 0. The van der Waals surface area contributed by atoms with Gasteiger partial charge in [0.15, 0.2) is 0 Å². The first-order valence-corrected chi connectivity index (χ1v) is 10.5. The summed E-state index contributed by atoms with van der Waals surface area (Å²) in [6, 6.07) is 9.72. The third kappa shape index (κ3) is 6.57. The van der Waals surface area contributed by atoms with Gasteiger partial charge < -0.3 is 9.47 Å². The van der Waals surface area contributed by atoms with Gasteiger partial charge in [0.05, 0.1) is 23.7 Å². The highest BCUT2D eigenvalue weighted by Gasteiger charge is 2.36. The summed E-state index contributed by atoms with van der Waals surface area (Å²) in [6.07, 6.45) is 9.69. The molecule has 1 aromatic carbocycles. The molecule has 0 bridgehead atoms. The monoisotopic (exact) mass is 371 g/mol. The summed E-state index contributed by atoms with van der Waals surface area (Å²) in [6.45, 7) is 5.00. The maximum atomic E-state index is 12.4. The Morgan fingerprint density at radius 2 is 1.78 bits per heavy atom. The molecule has 1 saturated carbocycles. The van der Waals surface area contributed by atoms with Gasteiger partial charge in [-0.15, -0.1) is 0 Å². The molecule has 0 heterocycles. The molecule has 1 aliphatic carbocycles. The van der Waals surface area contributed by atoms with Crippen molar-refractivity contribution in [2.24, 2.45) is 5.41 Å². The molecular formula is C23H33NO3. The summed E-state index contributed by atoms with van der Waals surface area (Å²) in [7, 11) is 0. The van der Waals surface area contributed by atoms with Crippen LogP contribution in [0.2, 0.25) is 0 Å². The summed E-state index contributed by atoms with van der Waals surface area (Å²) >= 11 is 0. The van der Waals surface area contributed by atoms with Gasteiger partial charge in [0.1, 0.15) is 11.9 Å². The molecule has 0 unspecified atom stereocenters. The van der Waals surface area contributed by atoms with Crippen LogP contribution in [0.15, 0.2) is 24.3 Å². The van der Waals surface area contributed by atoms with Gasteiger partial charge in [-0.1, -0.05) is 39.5 Å². The second-order valence-corrected chi connectivity index (χ2v) is 7.68. The molecule has 0 aromatic heterocycles. The molecule has 4 nitrogen and oxygen atoms in total. The third-order valence-electron chi connectivity index (χ3n) is 5.52. The van der Waals surface area contributed by atoms with E-state index in [1.165, 1.54) is 12.8 Å². The topological polar surface area (TPSA) is 59.3 Å². The maximum Gasteiger partial charge on any atom is 0.338 e. The molecule has 0 spiro atoms. The Hall–Kier alpha value is -2.02. The number of carbonyl (C=O) groups excluding carboxylic acids is 1. The van der Waals surface area contributed by atoms with E-state index in [1.807, 2.05) is 12.1 Å². The minimum Gasteiger partial charge on any atom is -0.494 e. The van der Waals surface area contributed by atoms with Crippen LogP contribution in [0.1, 0.15) is 88.4 Å². The second-order valence-electron chi connectivity index (χ2n) is 7.68. The van der Waals surface area contributed by atoms with Crippen molar-refractivity contribution in [3.8, 4) is 11.8 Å². The van der Waals surface area contributed by atoms with Gasteiger partial charge in [0.25, 0.3) is 0 Å². The van der Waals surface area contributed by atoms with Crippen molar-refractivity contribution in [1.82, 2.24) is 0 Å². The molecule has 0 saturated heterocycles. The number of nitriles is 1. The predicted octanol–water partition coefficient (Wildman–Crippen LogP) is 6.06. The van der Waals surface area contributed by atoms with Gasteiger partial charge in [-0.25, -0.2) is 4.79 Å². The molecule has 2 rings (SSSR count). The molecule has 0 amide bonds. The van der Waals surface area contributed by atoms with Crippen LogP contribution in [-0.2, 0) is 4.74 Å². The number of rotatable bonds is 10. The zero-order chi connectivity index (χ0) is 19.5. The molecule has 1 fully saturated rings. The largest absolute Gasteiger partial charge is 0.494 e. The van der Waals surface area contributed by atoms with Crippen LogP contribution in [0.4, 0.5) is 0 Å². The van der Waals surface area contributed by atoms with Crippen molar-refractivity contribution >= 4 is 5.97 Å². The first-order valence-electron chi connectivity index (χ1n) is 10.5.